The summed E-state index contributed by atoms with van der Waals surface area (Å²) in [5, 5.41) is 4.41. The van der Waals surface area contributed by atoms with Crippen molar-refractivity contribution in [2.75, 3.05) is 39.3 Å². The maximum Gasteiger partial charge on any atom is 0.251 e. The van der Waals surface area contributed by atoms with Crippen LogP contribution in [-0.4, -0.2) is 72.1 Å². The third-order valence-corrected chi connectivity index (χ3v) is 5.93. The van der Waals surface area contributed by atoms with Gasteiger partial charge in [-0.15, -0.1) is 11.3 Å². The number of guanidine groups is 1. The summed E-state index contributed by atoms with van der Waals surface area (Å²) in [4.78, 5) is 27.2. The first-order valence-corrected chi connectivity index (χ1v) is 10.3. The highest BCUT2D eigenvalue weighted by Crippen LogP contribution is 2.18. The smallest absolute Gasteiger partial charge is 0.251 e. The van der Waals surface area contributed by atoms with Crippen LogP contribution < -0.4 is 5.32 Å². The molecule has 1 amide bonds. The molecule has 0 spiro atoms. The van der Waals surface area contributed by atoms with Crippen LogP contribution in [0, 0.1) is 13.8 Å². The van der Waals surface area contributed by atoms with E-state index in [4.69, 9.17) is 9.73 Å². The van der Waals surface area contributed by atoms with Crippen LogP contribution >= 0.6 is 11.3 Å². The second kappa shape index (κ2) is 8.81. The molecule has 3 heterocycles. The molecule has 0 aromatic carbocycles. The Labute approximate surface area is 159 Å². The lowest BCUT2D eigenvalue weighted by Crippen LogP contribution is -2.55. The fourth-order valence-corrected chi connectivity index (χ4v) is 4.15. The Morgan fingerprint density at radius 1 is 1.31 bits per heavy atom. The lowest BCUT2D eigenvalue weighted by Gasteiger charge is -2.37. The van der Waals surface area contributed by atoms with E-state index in [9.17, 15) is 4.79 Å². The number of thiazole rings is 1. The van der Waals surface area contributed by atoms with Crippen molar-refractivity contribution in [3.8, 4) is 0 Å². The summed E-state index contributed by atoms with van der Waals surface area (Å²) in [5.41, 5.74) is 1.09. The van der Waals surface area contributed by atoms with Crippen molar-refractivity contribution in [2.24, 2.45) is 4.99 Å². The molecule has 0 bridgehead atoms. The van der Waals surface area contributed by atoms with Crippen molar-refractivity contribution in [3.05, 3.63) is 15.6 Å². The molecular formula is C18H29N5O2S. The number of rotatable bonds is 4. The summed E-state index contributed by atoms with van der Waals surface area (Å²) >= 11 is 1.71. The van der Waals surface area contributed by atoms with E-state index in [0.717, 1.165) is 62.2 Å². The average molecular weight is 380 g/mol. The van der Waals surface area contributed by atoms with Gasteiger partial charge >= 0.3 is 0 Å². The fourth-order valence-electron chi connectivity index (χ4n) is 3.29. The summed E-state index contributed by atoms with van der Waals surface area (Å²) < 4.78 is 5.53. The number of hydrogen-bond acceptors (Lipinski definition) is 5. The highest BCUT2D eigenvalue weighted by atomic mass is 32.1. The number of amides is 1. The molecule has 26 heavy (non-hydrogen) atoms. The molecule has 0 radical (unpaired) electrons. The predicted molar refractivity (Wildman–Crippen MR) is 104 cm³/mol. The minimum absolute atomic E-state index is 0.151. The van der Waals surface area contributed by atoms with Crippen molar-refractivity contribution < 1.29 is 9.53 Å². The lowest BCUT2D eigenvalue weighted by atomic mass is 10.2. The Hall–Kier alpha value is -1.67. The highest BCUT2D eigenvalue weighted by molar-refractivity contribution is 7.11. The number of aromatic nitrogens is 1. The number of aryl methyl sites for hydroxylation is 2. The molecule has 0 saturated carbocycles. The van der Waals surface area contributed by atoms with E-state index in [2.05, 4.69) is 29.0 Å². The van der Waals surface area contributed by atoms with Gasteiger partial charge in [0.2, 0.25) is 0 Å². The second-order valence-electron chi connectivity index (χ2n) is 6.73. The molecule has 0 aliphatic carbocycles. The molecule has 1 N–H and O–H groups in total. The van der Waals surface area contributed by atoms with Crippen LogP contribution in [-0.2, 0) is 16.1 Å². The summed E-state index contributed by atoms with van der Waals surface area (Å²) in [7, 11) is 0. The van der Waals surface area contributed by atoms with Crippen molar-refractivity contribution in [3.63, 3.8) is 0 Å². The standard InChI is InChI=1S/C18H29N5O2S/c1-4-19-18(20-12-16-21-13(2)14(3)26-16)23-9-7-22(8-10-23)17(24)15-6-5-11-25-15/h15H,4-12H2,1-3H3,(H,19,20). The SMILES string of the molecule is CCNC(=NCc1nc(C)c(C)s1)N1CCN(C(=O)C2CCCO2)CC1. The van der Waals surface area contributed by atoms with Crippen LogP contribution in [0.15, 0.2) is 4.99 Å². The Bertz CT molecular complexity index is 627. The lowest BCUT2D eigenvalue weighted by molar-refractivity contribution is -0.142. The molecule has 2 saturated heterocycles. The number of carbonyl (C=O) groups is 1. The van der Waals surface area contributed by atoms with Gasteiger partial charge in [0.25, 0.3) is 5.91 Å². The quantitative estimate of drug-likeness (QED) is 0.635. The van der Waals surface area contributed by atoms with Gasteiger partial charge in [-0.3, -0.25) is 4.79 Å². The first-order chi connectivity index (χ1) is 12.6. The van der Waals surface area contributed by atoms with E-state index in [1.165, 1.54) is 4.88 Å². The molecule has 2 aliphatic heterocycles. The van der Waals surface area contributed by atoms with Gasteiger partial charge in [0.1, 0.15) is 11.1 Å². The van der Waals surface area contributed by atoms with E-state index in [1.54, 1.807) is 11.3 Å². The summed E-state index contributed by atoms with van der Waals surface area (Å²) in [6.07, 6.45) is 1.62. The molecule has 2 fully saturated rings. The fraction of sp³-hybridized carbons (Fsp3) is 0.722. The first-order valence-electron chi connectivity index (χ1n) is 9.45. The Morgan fingerprint density at radius 3 is 2.62 bits per heavy atom. The Kier molecular flexibility index (Phi) is 6.48. The van der Waals surface area contributed by atoms with Crippen LogP contribution in [0.5, 0.6) is 0 Å². The van der Waals surface area contributed by atoms with Gasteiger partial charge in [0.15, 0.2) is 5.96 Å². The molecular weight excluding hydrogens is 350 g/mol. The minimum atomic E-state index is -0.222. The van der Waals surface area contributed by atoms with Crippen molar-refractivity contribution in [1.29, 1.82) is 0 Å². The van der Waals surface area contributed by atoms with Gasteiger partial charge in [-0.2, -0.15) is 0 Å². The molecule has 1 unspecified atom stereocenters. The number of ether oxygens (including phenoxy) is 1. The zero-order valence-corrected chi connectivity index (χ0v) is 16.8. The van der Waals surface area contributed by atoms with Gasteiger partial charge in [-0.1, -0.05) is 0 Å². The van der Waals surface area contributed by atoms with E-state index in [0.29, 0.717) is 13.2 Å². The monoisotopic (exact) mass is 379 g/mol. The van der Waals surface area contributed by atoms with E-state index in [-0.39, 0.29) is 12.0 Å². The molecule has 8 heteroatoms. The maximum atomic E-state index is 12.5. The normalized spacial score (nSPS) is 21.3. The van der Waals surface area contributed by atoms with Gasteiger partial charge in [-0.25, -0.2) is 9.98 Å². The van der Waals surface area contributed by atoms with Crippen LogP contribution in [0.1, 0.15) is 35.3 Å². The Morgan fingerprint density at radius 2 is 2.04 bits per heavy atom. The Balaban J connectivity index is 1.57. The number of nitrogens with one attached hydrogen (secondary N) is 1. The van der Waals surface area contributed by atoms with Gasteiger partial charge < -0.3 is 19.9 Å². The predicted octanol–water partition coefficient (Wildman–Crippen LogP) is 1.55. The number of piperazine rings is 1. The largest absolute Gasteiger partial charge is 0.368 e. The zero-order chi connectivity index (χ0) is 18.5. The topological polar surface area (TPSA) is 70.1 Å². The number of nitrogens with zero attached hydrogens (tertiary/aromatic N) is 4. The third kappa shape index (κ3) is 4.54. The summed E-state index contributed by atoms with van der Waals surface area (Å²) in [6, 6.07) is 0. The van der Waals surface area contributed by atoms with E-state index >= 15 is 0 Å². The summed E-state index contributed by atoms with van der Waals surface area (Å²) in [5.74, 6) is 1.06. The van der Waals surface area contributed by atoms with Crippen LogP contribution in [0.25, 0.3) is 0 Å². The molecule has 144 valence electrons. The van der Waals surface area contributed by atoms with Gasteiger partial charge in [0, 0.05) is 44.2 Å². The molecule has 2 aliphatic rings. The number of carbonyl (C=O) groups excluding carboxylic acids is 1. The first kappa shape index (κ1) is 19.1. The molecule has 7 nitrogen and oxygen atoms in total. The maximum absolute atomic E-state index is 12.5. The van der Waals surface area contributed by atoms with Crippen LogP contribution in [0.3, 0.4) is 0 Å². The van der Waals surface area contributed by atoms with Crippen molar-refractivity contribution in [1.82, 2.24) is 20.1 Å². The number of hydrogen-bond donors (Lipinski definition) is 1. The second-order valence-corrected chi connectivity index (χ2v) is 8.02. The van der Waals surface area contributed by atoms with Gasteiger partial charge in [0.05, 0.1) is 12.2 Å². The van der Waals surface area contributed by atoms with Crippen molar-refractivity contribution in [2.45, 2.75) is 46.3 Å². The molecule has 1 aromatic heterocycles. The molecule has 3 rings (SSSR count). The molecule has 1 aromatic rings. The average Bonchev–Trinajstić information content (AvgIpc) is 3.29. The van der Waals surface area contributed by atoms with Crippen molar-refractivity contribution >= 4 is 23.2 Å². The summed E-state index contributed by atoms with van der Waals surface area (Å²) in [6.45, 7) is 11.4. The van der Waals surface area contributed by atoms with Gasteiger partial charge in [-0.05, 0) is 33.6 Å². The van der Waals surface area contributed by atoms with E-state index < -0.39 is 0 Å². The number of aliphatic imine (C=N–C) groups is 1. The third-order valence-electron chi connectivity index (χ3n) is 4.87. The highest BCUT2D eigenvalue weighted by Gasteiger charge is 2.30. The minimum Gasteiger partial charge on any atom is -0.368 e. The van der Waals surface area contributed by atoms with Crippen LogP contribution in [0.2, 0.25) is 0 Å². The zero-order valence-electron chi connectivity index (χ0n) is 16.0. The van der Waals surface area contributed by atoms with E-state index in [1.807, 2.05) is 11.8 Å². The van der Waals surface area contributed by atoms with Crippen LogP contribution in [0.4, 0.5) is 0 Å². The molecule has 1 atom stereocenters.